The summed E-state index contributed by atoms with van der Waals surface area (Å²) in [6.07, 6.45) is 54.8. The minimum Gasteiger partial charge on any atom is -0.481 e. The average molecular weight is 1800 g/mol. The minimum absolute atomic E-state index is 0.0706. The fraction of sp³-hybridized carbons (Fsp3) is 0.846. The van der Waals surface area contributed by atoms with Gasteiger partial charge in [0.25, 0.3) is 0 Å². The molecule has 1 aromatic carbocycles. The first-order valence-corrected chi connectivity index (χ1v) is 54.5. The Hall–Kier alpha value is -4.74. The minimum atomic E-state index is -0.618. The average Bonchev–Trinajstić information content (AvgIpc) is 1.62. The number of aromatic nitrogens is 1. The molecule has 9 saturated carbocycles. The lowest BCUT2D eigenvalue weighted by Crippen LogP contribution is -2.49. The summed E-state index contributed by atoms with van der Waals surface area (Å²) in [6, 6.07) is 14.0. The van der Waals surface area contributed by atoms with E-state index in [-0.39, 0.29) is 29.3 Å². The predicted octanol–water partition coefficient (Wildman–Crippen LogP) is 33.7. The second kappa shape index (κ2) is 64.3. The number of allylic oxidation sites excluding steroid dienone is 2. The highest BCUT2D eigenvalue weighted by atomic mass is 16.6. The zero-order valence-electron chi connectivity index (χ0n) is 89.3. The summed E-state index contributed by atoms with van der Waals surface area (Å²) in [7, 11) is 0. The molecule has 2 heterocycles. The lowest BCUT2D eigenvalue weighted by Gasteiger charge is -2.37. The molecule has 129 heavy (non-hydrogen) atoms. The van der Waals surface area contributed by atoms with Crippen LogP contribution in [0.2, 0.25) is 0 Å². The smallest absolute Gasteiger partial charge is 0.409 e. The van der Waals surface area contributed by atoms with Crippen molar-refractivity contribution in [3.8, 4) is 0 Å². The van der Waals surface area contributed by atoms with E-state index in [1.807, 2.05) is 43.5 Å². The Morgan fingerprint density at radius 3 is 1.42 bits per heavy atom. The van der Waals surface area contributed by atoms with E-state index in [9.17, 15) is 29.1 Å². The first-order chi connectivity index (χ1) is 60.9. The third kappa shape index (κ3) is 48.5. The first-order valence-electron chi connectivity index (χ1n) is 54.5. The third-order valence-electron chi connectivity index (χ3n) is 30.9. The van der Waals surface area contributed by atoms with E-state index in [1.165, 1.54) is 153 Å². The molecule has 10 aliphatic carbocycles. The number of piperazine rings is 1. The number of carboxylic acid groups (broad SMARTS) is 3. The van der Waals surface area contributed by atoms with Gasteiger partial charge in [0.15, 0.2) is 5.78 Å². The molecule has 1 saturated heterocycles. The van der Waals surface area contributed by atoms with Gasteiger partial charge < -0.3 is 29.9 Å². The van der Waals surface area contributed by atoms with Crippen molar-refractivity contribution in [1.29, 1.82) is 0 Å². The molecule has 4 bridgehead atoms. The van der Waals surface area contributed by atoms with Gasteiger partial charge in [-0.05, 0) is 268 Å². The molecular weight excluding hydrogens is 1590 g/mol. The predicted molar refractivity (Wildman–Crippen MR) is 551 cm³/mol. The van der Waals surface area contributed by atoms with Gasteiger partial charge in [-0.2, -0.15) is 0 Å². The van der Waals surface area contributed by atoms with Crippen LogP contribution < -0.4 is 4.90 Å². The van der Waals surface area contributed by atoms with Gasteiger partial charge in [-0.25, -0.2) is 9.78 Å². The lowest BCUT2D eigenvalue weighted by atomic mass is 9.67. The highest BCUT2D eigenvalue weighted by Crippen LogP contribution is 2.52. The number of fused-ring (bicyclic) bond motifs is 4. The van der Waals surface area contributed by atoms with Crippen molar-refractivity contribution in [1.82, 2.24) is 9.88 Å². The Kier molecular flexibility index (Phi) is 59.0. The van der Waals surface area contributed by atoms with Crippen LogP contribution in [0.15, 0.2) is 60.8 Å². The van der Waals surface area contributed by atoms with Crippen LogP contribution in [-0.2, 0) is 19.1 Å². The molecule has 3 N–H and O–H groups in total. The molecule has 0 spiro atoms. The number of ether oxygens (including phenoxy) is 1. The van der Waals surface area contributed by atoms with Gasteiger partial charge in [0.05, 0.1) is 24.9 Å². The van der Waals surface area contributed by atoms with Crippen molar-refractivity contribution in [2.45, 2.75) is 437 Å². The quantitative estimate of drug-likeness (QED) is 0.0573. The second-order valence-corrected chi connectivity index (χ2v) is 47.5. The summed E-state index contributed by atoms with van der Waals surface area (Å²) in [5.41, 5.74) is 2.27. The number of rotatable bonds is 27. The number of pyridine rings is 1. The molecule has 10 fully saturated rings. The second-order valence-electron chi connectivity index (χ2n) is 47.5. The molecular formula is C117H209N3O9. The molecule has 12 heteroatoms. The van der Waals surface area contributed by atoms with E-state index < -0.39 is 17.9 Å². The Balaban J connectivity index is 0.000000372. The molecule has 1 aromatic heterocycles. The van der Waals surface area contributed by atoms with Gasteiger partial charge >= 0.3 is 24.0 Å². The van der Waals surface area contributed by atoms with Crippen molar-refractivity contribution in [3.05, 3.63) is 71.9 Å². The maximum atomic E-state index is 12.5. The molecule has 11 unspecified atom stereocenters. The Morgan fingerprint density at radius 1 is 0.496 bits per heavy atom. The first kappa shape index (κ1) is 118. The van der Waals surface area contributed by atoms with Crippen molar-refractivity contribution >= 4 is 35.6 Å². The molecule has 1 amide bonds. The number of hydrogen-bond donors (Lipinski definition) is 3. The number of ketones is 1. The largest absolute Gasteiger partial charge is 0.481 e. The fourth-order valence-corrected chi connectivity index (χ4v) is 23.1. The fourth-order valence-electron chi connectivity index (χ4n) is 23.1. The SMILES string of the molecule is CC(C)C.CC(C)CC1(CC(=O)O)CCCCC1.CC(C)CC1C2C=CC(C2)C1C(=O)O.CC(C)CC1CC1.CC(C)CC1CC2CCC1C2.CC(C)CC1CCC(C)CC1.CC(C)CCC1CCCC1.CC(C)[C@@H]1CCCCC1C(=O)c1ccccc1.CC(C)[C@H]1CCCCC1C(=O)O.CCC(C)C(C)C(C)C.CCOC(=O)N1CCN(c2ccc(C(C)C)cn2)CC1. The molecule has 746 valence electrons. The molecule has 0 radical (unpaired) electrons. The number of nitrogens with zero attached hydrogens (tertiary/aromatic N) is 3. The van der Waals surface area contributed by atoms with E-state index in [0.717, 1.165) is 171 Å². The molecule has 1 aliphatic heterocycles. The van der Waals surface area contributed by atoms with Crippen molar-refractivity contribution < 1.29 is 44.0 Å². The van der Waals surface area contributed by atoms with Gasteiger partial charge in [0.2, 0.25) is 0 Å². The number of carboxylic acids is 3. The van der Waals surface area contributed by atoms with Gasteiger partial charge in [0, 0.05) is 43.9 Å². The van der Waals surface area contributed by atoms with E-state index in [0.29, 0.717) is 91.1 Å². The van der Waals surface area contributed by atoms with E-state index in [4.69, 9.17) is 14.9 Å². The maximum absolute atomic E-state index is 12.5. The monoisotopic (exact) mass is 1800 g/mol. The topological polar surface area (TPSA) is 175 Å². The Labute approximate surface area is 797 Å². The van der Waals surface area contributed by atoms with Crippen LogP contribution >= 0.6 is 0 Å². The zero-order chi connectivity index (χ0) is 96.6. The number of carbonyl (C=O) groups excluding carboxylic acids is 2. The number of Topliss-reactive ketones (excluding diaryl/α,β-unsaturated/α-hetero) is 1. The van der Waals surface area contributed by atoms with Crippen LogP contribution in [0.1, 0.15) is 453 Å². The third-order valence-corrected chi connectivity index (χ3v) is 30.9. The molecule has 11 aliphatic rings. The van der Waals surface area contributed by atoms with Crippen LogP contribution in [0.5, 0.6) is 0 Å². The normalized spacial score (nSPS) is 25.8. The number of hydrogen-bond acceptors (Lipinski definition) is 8. The number of aliphatic carboxylic acids is 3. The Morgan fingerprint density at radius 2 is 1.01 bits per heavy atom. The van der Waals surface area contributed by atoms with Crippen LogP contribution in [0.25, 0.3) is 0 Å². The summed E-state index contributed by atoms with van der Waals surface area (Å²) < 4.78 is 5.02. The van der Waals surface area contributed by atoms with Crippen LogP contribution in [0.3, 0.4) is 0 Å². The van der Waals surface area contributed by atoms with E-state index in [2.05, 4.69) is 221 Å². The zero-order valence-corrected chi connectivity index (χ0v) is 89.3. The Bertz CT molecular complexity index is 3250. The van der Waals surface area contributed by atoms with Crippen LogP contribution in [-0.4, -0.2) is 87.8 Å². The van der Waals surface area contributed by atoms with Crippen LogP contribution in [0.4, 0.5) is 10.6 Å². The van der Waals surface area contributed by atoms with Gasteiger partial charge in [-0.15, -0.1) is 0 Å². The van der Waals surface area contributed by atoms with Gasteiger partial charge in [-0.1, -0.05) is 370 Å². The maximum Gasteiger partial charge on any atom is 0.409 e. The summed E-state index contributed by atoms with van der Waals surface area (Å²) in [4.78, 5) is 65.5. The summed E-state index contributed by atoms with van der Waals surface area (Å²) in [5, 5.41) is 27.1. The number of carbonyl (C=O) groups is 5. The summed E-state index contributed by atoms with van der Waals surface area (Å²) >= 11 is 0. The van der Waals surface area contributed by atoms with Crippen molar-refractivity contribution in [2.24, 2.45) is 165 Å². The standard InChI is InChI=1S/C16H22O.C15H23N3O2.C12H18O2.C12H22O2.C11H20.C11H22.C10H18O2.C10H20.C9H20.C7H14.C4H10/c1-12(2)14-10-6-7-11-15(14)16(17)13-8-4-3-5-9-13;1-4-20-15(19)18-9-7-17(8-10-18)14-6-5-13(11-16-14)12(2)3;1-7(2)5-10-8-3-4-9(6-8)11(10)12(13)14;1-10(2)8-12(9-11(13)14)6-4-3-5-7-12;1-8(2)5-11-7-9-3-4-10(11)6-9;1-9(2)8-11-6-4-10(3)5-7-11;1-7(2)8-5-3-4-6-9(8)10(11)12;1-9(2)7-8-10-5-3-4-6-10;1-6-8(4)9(5)7(2)3;1-6(2)5-7-3-4-7;1-4(2)3/h3-5,8-9,12,14-15H,6-7,10-11H2,1-2H3;5-6,11-12H,4,7-10H2,1-3H3;3-4,7-11H,5-6H2,1-2H3,(H,13,14);10H,3-9H2,1-2H3,(H,13,14);8-11H,3-7H2,1-2H3;9-11H,4-8H2,1-3H3;7-9H,3-6H2,1-2H3,(H,11,12);9-10H,3-8H2,1-2H3;7-9H,6H2,1-5H3;6-7H,3-5H2,1-2H3;4H,1-3H3/t14-,15?;;;;;;8-,9?;;;;/m0.....1..../s1. The number of anilines is 1. The molecule has 12 nitrogen and oxygen atoms in total. The van der Waals surface area contributed by atoms with Gasteiger partial charge in [0.1, 0.15) is 5.82 Å². The highest BCUT2D eigenvalue weighted by molar-refractivity contribution is 5.98. The van der Waals surface area contributed by atoms with E-state index in [1.54, 1.807) is 30.6 Å². The molecule has 13 rings (SSSR count). The highest BCUT2D eigenvalue weighted by Gasteiger charge is 2.48. The van der Waals surface area contributed by atoms with Crippen molar-refractivity contribution in [3.63, 3.8) is 0 Å². The van der Waals surface area contributed by atoms with E-state index >= 15 is 0 Å². The summed E-state index contributed by atoms with van der Waals surface area (Å²) in [6.45, 7) is 66.2. The van der Waals surface area contributed by atoms with Gasteiger partial charge in [-0.3, -0.25) is 19.2 Å². The molecule has 13 atom stereocenters. The van der Waals surface area contributed by atoms with Crippen molar-refractivity contribution in [2.75, 3.05) is 37.7 Å². The van der Waals surface area contributed by atoms with Crippen LogP contribution in [0, 0.1) is 165 Å². The summed E-state index contributed by atoms with van der Waals surface area (Å²) in [5.74, 6) is 19.6. The number of amides is 1. The molecule has 2 aromatic rings. The lowest BCUT2D eigenvalue weighted by molar-refractivity contribution is -0.146. The number of benzene rings is 1.